The van der Waals surface area contributed by atoms with E-state index in [9.17, 15) is 18.9 Å². The van der Waals surface area contributed by atoms with Crippen LogP contribution < -0.4 is 5.73 Å². The molecule has 0 aromatic carbocycles. The van der Waals surface area contributed by atoms with Gasteiger partial charge in [-0.05, 0) is 6.07 Å². The first-order valence-electron chi connectivity index (χ1n) is 3.21. The Morgan fingerprint density at radius 3 is 2.62 bits per heavy atom. The third-order valence-electron chi connectivity index (χ3n) is 1.33. The molecule has 5 nitrogen and oxygen atoms in total. The molecule has 1 heterocycles. The number of halogens is 2. The van der Waals surface area contributed by atoms with E-state index < -0.39 is 22.7 Å². The summed E-state index contributed by atoms with van der Waals surface area (Å²) < 4.78 is 24.3. The predicted molar refractivity (Wildman–Crippen MR) is 40.3 cm³/mol. The third kappa shape index (κ3) is 1.86. The summed E-state index contributed by atoms with van der Waals surface area (Å²) in [5, 5.41) is 10.2. The van der Waals surface area contributed by atoms with Gasteiger partial charge in [-0.2, -0.15) is 0 Å². The van der Waals surface area contributed by atoms with E-state index in [0.717, 1.165) is 12.1 Å². The van der Waals surface area contributed by atoms with Crippen molar-refractivity contribution in [1.82, 2.24) is 4.98 Å². The third-order valence-corrected chi connectivity index (χ3v) is 1.33. The highest BCUT2D eigenvalue weighted by Crippen LogP contribution is 2.27. The van der Waals surface area contributed by atoms with E-state index in [0.29, 0.717) is 0 Å². The molecule has 0 aliphatic rings. The van der Waals surface area contributed by atoms with Crippen molar-refractivity contribution in [3.8, 4) is 0 Å². The average molecular weight is 189 g/mol. The number of nitrogens with two attached hydrogens (primary N) is 1. The number of anilines is 1. The zero-order chi connectivity index (χ0) is 10.0. The van der Waals surface area contributed by atoms with E-state index in [1.807, 2.05) is 0 Å². The number of nitrogen functional groups attached to an aromatic ring is 1. The van der Waals surface area contributed by atoms with E-state index in [-0.39, 0.29) is 5.82 Å². The van der Waals surface area contributed by atoms with Gasteiger partial charge in [0.1, 0.15) is 5.82 Å². The van der Waals surface area contributed by atoms with E-state index in [1.54, 1.807) is 0 Å². The number of alkyl halides is 2. The van der Waals surface area contributed by atoms with Crippen molar-refractivity contribution < 1.29 is 13.7 Å². The zero-order valence-electron chi connectivity index (χ0n) is 6.28. The highest BCUT2D eigenvalue weighted by Gasteiger charge is 2.23. The zero-order valence-corrected chi connectivity index (χ0v) is 6.28. The SMILES string of the molecule is Nc1ccc([N+](=O)[O-])c(C(F)F)n1. The number of aromatic nitrogens is 1. The minimum atomic E-state index is -3.00. The van der Waals surface area contributed by atoms with Gasteiger partial charge >= 0.3 is 0 Å². The fourth-order valence-electron chi connectivity index (χ4n) is 0.798. The van der Waals surface area contributed by atoms with Crippen LogP contribution in [0, 0.1) is 10.1 Å². The smallest absolute Gasteiger partial charge is 0.296 e. The summed E-state index contributed by atoms with van der Waals surface area (Å²) in [5.41, 5.74) is 3.48. The Kier molecular flexibility index (Phi) is 2.36. The van der Waals surface area contributed by atoms with Gasteiger partial charge in [-0.1, -0.05) is 0 Å². The van der Waals surface area contributed by atoms with Crippen LogP contribution in [0.1, 0.15) is 12.1 Å². The van der Waals surface area contributed by atoms with Crippen LogP contribution in [0.4, 0.5) is 20.3 Å². The van der Waals surface area contributed by atoms with Gasteiger partial charge < -0.3 is 5.73 Å². The quantitative estimate of drug-likeness (QED) is 0.564. The fourth-order valence-corrected chi connectivity index (χ4v) is 0.798. The van der Waals surface area contributed by atoms with Crippen molar-refractivity contribution in [2.45, 2.75) is 6.43 Å². The van der Waals surface area contributed by atoms with Gasteiger partial charge in [-0.15, -0.1) is 0 Å². The number of pyridine rings is 1. The van der Waals surface area contributed by atoms with Gasteiger partial charge in [0.05, 0.1) is 4.92 Å². The number of nitro groups is 1. The lowest BCUT2D eigenvalue weighted by molar-refractivity contribution is -0.386. The van der Waals surface area contributed by atoms with E-state index >= 15 is 0 Å². The molecule has 7 heteroatoms. The van der Waals surface area contributed by atoms with Gasteiger partial charge in [0.2, 0.25) is 0 Å². The van der Waals surface area contributed by atoms with Crippen LogP contribution in [-0.4, -0.2) is 9.91 Å². The average Bonchev–Trinajstić information content (AvgIpc) is 2.03. The van der Waals surface area contributed by atoms with Crippen LogP contribution in [0.2, 0.25) is 0 Å². The Morgan fingerprint density at radius 2 is 2.15 bits per heavy atom. The van der Waals surface area contributed by atoms with Crippen LogP contribution in [0.5, 0.6) is 0 Å². The molecular formula is C6H5F2N3O2. The molecule has 0 unspecified atom stereocenters. The highest BCUT2D eigenvalue weighted by molar-refractivity contribution is 5.43. The minimum Gasteiger partial charge on any atom is -0.384 e. The Hall–Kier alpha value is -1.79. The van der Waals surface area contributed by atoms with Crippen LogP contribution >= 0.6 is 0 Å². The molecule has 0 spiro atoms. The maximum Gasteiger partial charge on any atom is 0.296 e. The first-order valence-corrected chi connectivity index (χ1v) is 3.21. The summed E-state index contributed by atoms with van der Waals surface area (Å²) in [7, 11) is 0. The summed E-state index contributed by atoms with van der Waals surface area (Å²) in [4.78, 5) is 12.5. The van der Waals surface area contributed by atoms with Gasteiger partial charge in [-0.3, -0.25) is 10.1 Å². The van der Waals surface area contributed by atoms with Gasteiger partial charge in [0.25, 0.3) is 12.1 Å². The Bertz CT molecular complexity index is 343. The monoisotopic (exact) mass is 189 g/mol. The summed E-state index contributed by atoms with van der Waals surface area (Å²) in [5.74, 6) is -0.166. The van der Waals surface area contributed by atoms with Crippen molar-refractivity contribution in [1.29, 1.82) is 0 Å². The van der Waals surface area contributed by atoms with Crippen molar-refractivity contribution in [3.05, 3.63) is 27.9 Å². The molecule has 0 radical (unpaired) electrons. The molecule has 0 saturated heterocycles. The summed E-state index contributed by atoms with van der Waals surface area (Å²) >= 11 is 0. The molecule has 0 bridgehead atoms. The molecule has 1 rings (SSSR count). The Morgan fingerprint density at radius 1 is 1.54 bits per heavy atom. The lowest BCUT2D eigenvalue weighted by atomic mass is 10.3. The molecule has 13 heavy (non-hydrogen) atoms. The molecular weight excluding hydrogens is 184 g/mol. The second-order valence-electron chi connectivity index (χ2n) is 2.20. The van der Waals surface area contributed by atoms with Gasteiger partial charge in [0, 0.05) is 6.07 Å². The maximum absolute atomic E-state index is 12.1. The van der Waals surface area contributed by atoms with Crippen LogP contribution in [0.3, 0.4) is 0 Å². The molecule has 0 fully saturated rings. The van der Waals surface area contributed by atoms with E-state index in [2.05, 4.69) is 4.98 Å². The van der Waals surface area contributed by atoms with Crippen molar-refractivity contribution in [3.63, 3.8) is 0 Å². The molecule has 0 aliphatic heterocycles. The van der Waals surface area contributed by atoms with Crippen molar-refractivity contribution >= 4 is 11.5 Å². The first-order chi connectivity index (χ1) is 6.02. The topological polar surface area (TPSA) is 82.0 Å². The minimum absolute atomic E-state index is 0.166. The Balaban J connectivity index is 3.26. The molecule has 1 aromatic rings. The van der Waals surface area contributed by atoms with E-state index in [4.69, 9.17) is 5.73 Å². The lowest BCUT2D eigenvalue weighted by Gasteiger charge is -2.00. The van der Waals surface area contributed by atoms with Crippen LogP contribution in [0.15, 0.2) is 12.1 Å². The summed E-state index contributed by atoms with van der Waals surface area (Å²) in [6.45, 7) is 0. The van der Waals surface area contributed by atoms with Crippen LogP contribution in [0.25, 0.3) is 0 Å². The standard InChI is InChI=1S/C6H5F2N3O2/c7-6(8)5-3(11(12)13)1-2-4(9)10-5/h1-2,6H,(H2,9,10). The van der Waals surface area contributed by atoms with Crippen LogP contribution in [-0.2, 0) is 0 Å². The number of hydrogen-bond acceptors (Lipinski definition) is 4. The van der Waals surface area contributed by atoms with Gasteiger partial charge in [0.15, 0.2) is 5.69 Å². The summed E-state index contributed by atoms with van der Waals surface area (Å²) in [6, 6.07) is 2.01. The van der Waals surface area contributed by atoms with E-state index in [1.165, 1.54) is 0 Å². The number of nitrogens with zero attached hydrogens (tertiary/aromatic N) is 2. The fraction of sp³-hybridized carbons (Fsp3) is 0.167. The summed E-state index contributed by atoms with van der Waals surface area (Å²) in [6.07, 6.45) is -3.00. The maximum atomic E-state index is 12.1. The molecule has 0 saturated carbocycles. The molecule has 1 aromatic heterocycles. The molecule has 0 amide bonds. The largest absolute Gasteiger partial charge is 0.384 e. The Labute approximate surface area is 71.3 Å². The van der Waals surface area contributed by atoms with Crippen molar-refractivity contribution in [2.24, 2.45) is 0 Å². The highest BCUT2D eigenvalue weighted by atomic mass is 19.3. The van der Waals surface area contributed by atoms with Gasteiger partial charge in [-0.25, -0.2) is 13.8 Å². The second kappa shape index (κ2) is 3.30. The number of hydrogen-bond donors (Lipinski definition) is 1. The first kappa shape index (κ1) is 9.30. The molecule has 70 valence electrons. The van der Waals surface area contributed by atoms with Crippen molar-refractivity contribution in [2.75, 3.05) is 5.73 Å². The number of rotatable bonds is 2. The lowest BCUT2D eigenvalue weighted by Crippen LogP contribution is -2.01. The predicted octanol–water partition coefficient (Wildman–Crippen LogP) is 1.51. The molecule has 2 N–H and O–H groups in total. The molecule has 0 atom stereocenters. The molecule has 0 aliphatic carbocycles. The second-order valence-corrected chi connectivity index (χ2v) is 2.20. The normalized spacial score (nSPS) is 10.4.